The summed E-state index contributed by atoms with van der Waals surface area (Å²) in [4.78, 5) is 17.9. The number of carbonyl (C=O) groups excluding carboxylic acids is 1. The predicted molar refractivity (Wildman–Crippen MR) is 120 cm³/mol. The number of anilines is 1. The lowest BCUT2D eigenvalue weighted by Gasteiger charge is -2.08. The third-order valence-corrected chi connectivity index (χ3v) is 5.55. The van der Waals surface area contributed by atoms with Gasteiger partial charge in [-0.2, -0.15) is 4.98 Å². The highest BCUT2D eigenvalue weighted by molar-refractivity contribution is 8.00. The first-order valence-electron chi connectivity index (χ1n) is 9.31. The Hall–Kier alpha value is -3.09. The maximum atomic E-state index is 12.5. The van der Waals surface area contributed by atoms with Crippen molar-refractivity contribution in [3.05, 3.63) is 95.3 Å². The number of amides is 1. The standard InChI is InChI=1S/C23H18ClN3O2S/c24-17-10-12-18(13-11-17)30-15-22(28)25-20-9-5-4-8-19(20)23-26-21(27-29-23)14-16-6-2-1-3-7-16/h1-13H,14-15H2,(H,25,28). The number of thioether (sulfide) groups is 1. The van der Waals surface area contributed by atoms with E-state index in [9.17, 15) is 4.79 Å². The molecule has 0 bridgehead atoms. The summed E-state index contributed by atoms with van der Waals surface area (Å²) in [6.45, 7) is 0. The topological polar surface area (TPSA) is 68.0 Å². The van der Waals surface area contributed by atoms with E-state index in [-0.39, 0.29) is 11.7 Å². The fraction of sp³-hybridized carbons (Fsp3) is 0.0870. The highest BCUT2D eigenvalue weighted by Crippen LogP contribution is 2.27. The molecular weight excluding hydrogens is 418 g/mol. The molecule has 0 aliphatic carbocycles. The lowest BCUT2D eigenvalue weighted by Crippen LogP contribution is -2.14. The van der Waals surface area contributed by atoms with Crippen LogP contribution in [-0.4, -0.2) is 21.8 Å². The maximum Gasteiger partial charge on any atom is 0.260 e. The average Bonchev–Trinajstić information content (AvgIpc) is 3.23. The van der Waals surface area contributed by atoms with Crippen LogP contribution in [0, 0.1) is 0 Å². The Balaban J connectivity index is 1.43. The number of aromatic nitrogens is 2. The van der Waals surface area contributed by atoms with Gasteiger partial charge in [0.2, 0.25) is 5.91 Å². The van der Waals surface area contributed by atoms with E-state index in [2.05, 4.69) is 15.5 Å². The van der Waals surface area contributed by atoms with Crippen LogP contribution in [0.5, 0.6) is 0 Å². The minimum absolute atomic E-state index is 0.119. The molecule has 0 unspecified atom stereocenters. The fourth-order valence-electron chi connectivity index (χ4n) is 2.86. The number of carbonyl (C=O) groups is 1. The fourth-order valence-corrected chi connectivity index (χ4v) is 3.68. The number of halogens is 1. The predicted octanol–water partition coefficient (Wildman–Crippen LogP) is 5.71. The molecule has 0 atom stereocenters. The Bertz CT molecular complexity index is 1130. The van der Waals surface area contributed by atoms with E-state index in [0.29, 0.717) is 34.4 Å². The van der Waals surface area contributed by atoms with Crippen molar-refractivity contribution in [3.8, 4) is 11.5 Å². The summed E-state index contributed by atoms with van der Waals surface area (Å²) in [7, 11) is 0. The average molecular weight is 436 g/mol. The van der Waals surface area contributed by atoms with E-state index in [1.807, 2.05) is 66.7 Å². The second-order valence-corrected chi connectivity index (χ2v) is 8.00. The first kappa shape index (κ1) is 20.2. The summed E-state index contributed by atoms with van der Waals surface area (Å²) in [5, 5.41) is 7.68. The van der Waals surface area contributed by atoms with Crippen LogP contribution in [0.15, 0.2) is 88.3 Å². The van der Waals surface area contributed by atoms with Gasteiger partial charge in [-0.1, -0.05) is 59.2 Å². The SMILES string of the molecule is O=C(CSc1ccc(Cl)cc1)Nc1ccccc1-c1nc(Cc2ccccc2)no1. The Kier molecular flexibility index (Phi) is 6.47. The molecule has 0 fully saturated rings. The minimum Gasteiger partial charge on any atom is -0.334 e. The normalized spacial score (nSPS) is 10.7. The Morgan fingerprint density at radius 3 is 2.50 bits per heavy atom. The van der Waals surface area contributed by atoms with E-state index in [1.54, 1.807) is 12.1 Å². The summed E-state index contributed by atoms with van der Waals surface area (Å²) >= 11 is 7.34. The molecule has 0 spiro atoms. The third-order valence-electron chi connectivity index (χ3n) is 4.29. The molecule has 1 aromatic heterocycles. The van der Waals surface area contributed by atoms with Crippen molar-refractivity contribution >= 4 is 35.0 Å². The molecule has 150 valence electrons. The van der Waals surface area contributed by atoms with Crippen molar-refractivity contribution < 1.29 is 9.32 Å². The molecule has 0 aliphatic heterocycles. The van der Waals surface area contributed by atoms with Crippen LogP contribution < -0.4 is 5.32 Å². The molecule has 7 heteroatoms. The van der Waals surface area contributed by atoms with Crippen LogP contribution in [0.3, 0.4) is 0 Å². The lowest BCUT2D eigenvalue weighted by molar-refractivity contribution is -0.113. The van der Waals surface area contributed by atoms with Gasteiger partial charge in [0, 0.05) is 16.3 Å². The highest BCUT2D eigenvalue weighted by Gasteiger charge is 2.15. The summed E-state index contributed by atoms with van der Waals surface area (Å²) in [5.74, 6) is 1.13. The number of para-hydroxylation sites is 1. The molecule has 0 saturated carbocycles. The lowest BCUT2D eigenvalue weighted by atomic mass is 10.1. The first-order chi connectivity index (χ1) is 14.7. The molecular formula is C23H18ClN3O2S. The van der Waals surface area contributed by atoms with Gasteiger partial charge in [0.25, 0.3) is 5.89 Å². The maximum absolute atomic E-state index is 12.5. The van der Waals surface area contributed by atoms with Crippen LogP contribution in [0.4, 0.5) is 5.69 Å². The monoisotopic (exact) mass is 435 g/mol. The van der Waals surface area contributed by atoms with Crippen LogP contribution in [0.2, 0.25) is 5.02 Å². The van der Waals surface area contributed by atoms with Crippen molar-refractivity contribution in [2.24, 2.45) is 0 Å². The molecule has 1 amide bonds. The second-order valence-electron chi connectivity index (χ2n) is 6.51. The quantitative estimate of drug-likeness (QED) is 0.376. The van der Waals surface area contributed by atoms with Crippen molar-refractivity contribution in [3.63, 3.8) is 0 Å². The molecule has 0 radical (unpaired) electrons. The van der Waals surface area contributed by atoms with Gasteiger partial charge in [-0.05, 0) is 42.0 Å². The van der Waals surface area contributed by atoms with Crippen LogP contribution in [0.25, 0.3) is 11.5 Å². The zero-order valence-electron chi connectivity index (χ0n) is 15.9. The third kappa shape index (κ3) is 5.28. The Morgan fingerprint density at radius 1 is 0.967 bits per heavy atom. The van der Waals surface area contributed by atoms with Gasteiger partial charge < -0.3 is 9.84 Å². The Labute approximate surface area is 183 Å². The largest absolute Gasteiger partial charge is 0.334 e. The Morgan fingerprint density at radius 2 is 1.70 bits per heavy atom. The first-order valence-corrected chi connectivity index (χ1v) is 10.7. The molecule has 0 saturated heterocycles. The number of hydrogen-bond donors (Lipinski definition) is 1. The smallest absolute Gasteiger partial charge is 0.260 e. The number of benzene rings is 3. The van der Waals surface area contributed by atoms with Crippen molar-refractivity contribution in [2.45, 2.75) is 11.3 Å². The van der Waals surface area contributed by atoms with Crippen LogP contribution >= 0.6 is 23.4 Å². The molecule has 30 heavy (non-hydrogen) atoms. The van der Waals surface area contributed by atoms with Gasteiger partial charge in [0.05, 0.1) is 17.0 Å². The zero-order valence-corrected chi connectivity index (χ0v) is 17.5. The van der Waals surface area contributed by atoms with Gasteiger partial charge >= 0.3 is 0 Å². The minimum atomic E-state index is -0.119. The molecule has 1 heterocycles. The second kappa shape index (κ2) is 9.61. The van der Waals surface area contributed by atoms with Crippen molar-refractivity contribution in [2.75, 3.05) is 11.1 Å². The number of hydrogen-bond acceptors (Lipinski definition) is 5. The van der Waals surface area contributed by atoms with Crippen molar-refractivity contribution in [1.29, 1.82) is 0 Å². The molecule has 4 aromatic rings. The van der Waals surface area contributed by atoms with E-state index >= 15 is 0 Å². The molecule has 3 aromatic carbocycles. The van der Waals surface area contributed by atoms with Gasteiger partial charge in [-0.15, -0.1) is 11.8 Å². The molecule has 1 N–H and O–H groups in total. The number of nitrogens with zero attached hydrogens (tertiary/aromatic N) is 2. The van der Waals surface area contributed by atoms with Gasteiger partial charge in [0.1, 0.15) is 0 Å². The van der Waals surface area contributed by atoms with Gasteiger partial charge in [0.15, 0.2) is 5.82 Å². The number of nitrogens with one attached hydrogen (secondary N) is 1. The summed E-state index contributed by atoms with van der Waals surface area (Å²) < 4.78 is 5.46. The van der Waals surface area contributed by atoms with E-state index in [1.165, 1.54) is 11.8 Å². The zero-order chi connectivity index (χ0) is 20.8. The molecule has 4 rings (SSSR count). The summed E-state index contributed by atoms with van der Waals surface area (Å²) in [6.07, 6.45) is 0.580. The summed E-state index contributed by atoms with van der Waals surface area (Å²) in [6, 6.07) is 24.7. The van der Waals surface area contributed by atoms with Gasteiger partial charge in [-0.3, -0.25) is 4.79 Å². The van der Waals surface area contributed by atoms with Crippen LogP contribution in [-0.2, 0) is 11.2 Å². The highest BCUT2D eigenvalue weighted by atomic mass is 35.5. The van der Waals surface area contributed by atoms with Crippen molar-refractivity contribution in [1.82, 2.24) is 10.1 Å². The number of rotatable bonds is 7. The molecule has 0 aliphatic rings. The summed E-state index contributed by atoms with van der Waals surface area (Å²) in [5.41, 5.74) is 2.42. The van der Waals surface area contributed by atoms with E-state index in [4.69, 9.17) is 16.1 Å². The van der Waals surface area contributed by atoms with Crippen LogP contribution in [0.1, 0.15) is 11.4 Å². The molecule has 5 nitrogen and oxygen atoms in total. The van der Waals surface area contributed by atoms with Gasteiger partial charge in [-0.25, -0.2) is 0 Å². The van der Waals surface area contributed by atoms with E-state index in [0.717, 1.165) is 10.5 Å². The van der Waals surface area contributed by atoms with E-state index < -0.39 is 0 Å².